The molecule has 0 aliphatic heterocycles. The highest BCUT2D eigenvalue weighted by Gasteiger charge is 2.04. The number of hydrogen-bond donors (Lipinski definition) is 0. The molecule has 0 heterocycles. The molecule has 0 saturated heterocycles. The van der Waals surface area contributed by atoms with Gasteiger partial charge in [0.25, 0.3) is 0 Å². The van der Waals surface area contributed by atoms with Gasteiger partial charge in [0.05, 0.1) is 5.02 Å². The summed E-state index contributed by atoms with van der Waals surface area (Å²) < 4.78 is 13.0. The fraction of sp³-hybridized carbons (Fsp3) is 0.400. The van der Waals surface area contributed by atoms with Crippen molar-refractivity contribution in [2.45, 2.75) is 12.2 Å². The summed E-state index contributed by atoms with van der Waals surface area (Å²) in [6, 6.07) is 4.90. The number of rotatable bonds is 5. The Balaban J connectivity index is 2.46. The molecular formula is C10H11Cl2FS. The van der Waals surface area contributed by atoms with E-state index in [2.05, 4.69) is 0 Å². The molecule has 0 spiro atoms. The number of alkyl halides is 1. The number of hydrogen-bond acceptors (Lipinski definition) is 1. The van der Waals surface area contributed by atoms with Gasteiger partial charge in [-0.2, -0.15) is 11.8 Å². The summed E-state index contributed by atoms with van der Waals surface area (Å²) in [6.45, 7) is 0. The maximum absolute atomic E-state index is 13.0. The molecule has 0 aliphatic carbocycles. The molecule has 0 nitrogen and oxygen atoms in total. The smallest absolute Gasteiger partial charge is 0.142 e. The van der Waals surface area contributed by atoms with Crippen molar-refractivity contribution < 1.29 is 4.39 Å². The topological polar surface area (TPSA) is 0 Å². The van der Waals surface area contributed by atoms with Crippen LogP contribution in [0.5, 0.6) is 0 Å². The van der Waals surface area contributed by atoms with Gasteiger partial charge in [0.2, 0.25) is 0 Å². The summed E-state index contributed by atoms with van der Waals surface area (Å²) in [5.41, 5.74) is 0.853. The zero-order valence-corrected chi connectivity index (χ0v) is 9.93. The first-order valence-corrected chi connectivity index (χ1v) is 6.39. The lowest BCUT2D eigenvalue weighted by Gasteiger charge is -2.04. The van der Waals surface area contributed by atoms with Gasteiger partial charge < -0.3 is 0 Å². The van der Waals surface area contributed by atoms with Gasteiger partial charge in [0.15, 0.2) is 0 Å². The predicted molar refractivity (Wildman–Crippen MR) is 62.9 cm³/mol. The average molecular weight is 253 g/mol. The second kappa shape index (κ2) is 6.54. The third kappa shape index (κ3) is 3.68. The minimum Gasteiger partial charge on any atom is -0.205 e. The highest BCUT2D eigenvalue weighted by Crippen LogP contribution is 2.24. The van der Waals surface area contributed by atoms with Crippen molar-refractivity contribution in [3.05, 3.63) is 34.6 Å². The minimum atomic E-state index is -0.345. The molecule has 0 radical (unpaired) electrons. The lowest BCUT2D eigenvalue weighted by atomic mass is 10.2. The van der Waals surface area contributed by atoms with Crippen molar-refractivity contribution in [3.63, 3.8) is 0 Å². The maximum Gasteiger partial charge on any atom is 0.142 e. The average Bonchev–Trinajstić information content (AvgIpc) is 2.19. The van der Waals surface area contributed by atoms with Gasteiger partial charge in [-0.1, -0.05) is 23.7 Å². The normalized spacial score (nSPS) is 10.5. The third-order valence-corrected chi connectivity index (χ3v) is 3.49. The number of benzene rings is 1. The van der Waals surface area contributed by atoms with Crippen LogP contribution < -0.4 is 0 Å². The molecule has 4 heteroatoms. The molecule has 0 atom stereocenters. The first-order chi connectivity index (χ1) is 6.75. The van der Waals surface area contributed by atoms with E-state index in [9.17, 15) is 4.39 Å². The van der Waals surface area contributed by atoms with Crippen molar-refractivity contribution in [2.24, 2.45) is 0 Å². The van der Waals surface area contributed by atoms with E-state index in [0.29, 0.717) is 5.88 Å². The molecule has 0 saturated carbocycles. The molecule has 0 bridgehead atoms. The molecule has 0 aliphatic rings. The van der Waals surface area contributed by atoms with Crippen LogP contribution in [-0.2, 0) is 5.75 Å². The summed E-state index contributed by atoms with van der Waals surface area (Å²) in [5.74, 6) is 2.05. The Morgan fingerprint density at radius 2 is 2.14 bits per heavy atom. The van der Waals surface area contributed by atoms with E-state index in [1.54, 1.807) is 17.8 Å². The van der Waals surface area contributed by atoms with Gasteiger partial charge in [-0.25, -0.2) is 4.39 Å². The van der Waals surface area contributed by atoms with Crippen LogP contribution in [0.4, 0.5) is 4.39 Å². The van der Waals surface area contributed by atoms with Crippen LogP contribution >= 0.6 is 35.0 Å². The van der Waals surface area contributed by atoms with Crippen molar-refractivity contribution in [1.82, 2.24) is 0 Å². The summed E-state index contributed by atoms with van der Waals surface area (Å²) in [5, 5.41) is 0.242. The fourth-order valence-electron chi connectivity index (χ4n) is 0.999. The van der Waals surface area contributed by atoms with Gasteiger partial charge in [-0.3, -0.25) is 0 Å². The predicted octanol–water partition coefficient (Wildman–Crippen LogP) is 4.34. The Kier molecular flexibility index (Phi) is 5.68. The summed E-state index contributed by atoms with van der Waals surface area (Å²) >= 11 is 13.1. The van der Waals surface area contributed by atoms with Crippen molar-refractivity contribution in [2.75, 3.05) is 11.6 Å². The van der Waals surface area contributed by atoms with Crippen LogP contribution in [0.3, 0.4) is 0 Å². The van der Waals surface area contributed by atoms with Gasteiger partial charge in [0, 0.05) is 11.6 Å². The Labute approximate surface area is 97.8 Å². The zero-order chi connectivity index (χ0) is 10.4. The molecule has 78 valence electrons. The Morgan fingerprint density at radius 3 is 2.86 bits per heavy atom. The van der Waals surface area contributed by atoms with Crippen LogP contribution in [0.1, 0.15) is 12.0 Å². The van der Waals surface area contributed by atoms with Crippen LogP contribution in [0.15, 0.2) is 18.2 Å². The molecule has 1 rings (SSSR count). The van der Waals surface area contributed by atoms with E-state index in [-0.39, 0.29) is 10.8 Å². The monoisotopic (exact) mass is 252 g/mol. The molecule has 14 heavy (non-hydrogen) atoms. The first-order valence-electron chi connectivity index (χ1n) is 4.32. The molecule has 0 aromatic heterocycles. The Hall–Kier alpha value is 0.0800. The molecule has 0 fully saturated rings. The van der Waals surface area contributed by atoms with E-state index >= 15 is 0 Å². The molecule has 1 aromatic rings. The fourth-order valence-corrected chi connectivity index (χ4v) is 2.52. The molecule has 0 unspecified atom stereocenters. The lowest BCUT2D eigenvalue weighted by molar-refractivity contribution is 0.627. The standard InChI is InChI=1S/C10H11Cl2FS/c11-5-2-6-14-7-8-3-1-4-9(13)10(8)12/h1,3-4H,2,5-7H2. The van der Waals surface area contributed by atoms with Crippen molar-refractivity contribution in [3.8, 4) is 0 Å². The molecule has 1 aromatic carbocycles. The van der Waals surface area contributed by atoms with Gasteiger partial charge in [-0.15, -0.1) is 11.6 Å². The summed E-state index contributed by atoms with van der Waals surface area (Å²) in [7, 11) is 0. The van der Waals surface area contributed by atoms with E-state index in [0.717, 1.165) is 23.5 Å². The van der Waals surface area contributed by atoms with E-state index in [1.807, 2.05) is 6.07 Å². The van der Waals surface area contributed by atoms with Crippen LogP contribution in [0, 0.1) is 5.82 Å². The van der Waals surface area contributed by atoms with Gasteiger partial charge in [0.1, 0.15) is 5.82 Å². The summed E-state index contributed by atoms with van der Waals surface area (Å²) in [6.07, 6.45) is 0.971. The maximum atomic E-state index is 13.0. The second-order valence-electron chi connectivity index (χ2n) is 2.81. The number of halogens is 3. The highest BCUT2D eigenvalue weighted by atomic mass is 35.5. The molecular weight excluding hydrogens is 242 g/mol. The van der Waals surface area contributed by atoms with E-state index in [1.165, 1.54) is 6.07 Å². The van der Waals surface area contributed by atoms with Crippen LogP contribution in [-0.4, -0.2) is 11.6 Å². The Bertz CT molecular complexity index is 291. The van der Waals surface area contributed by atoms with Crippen molar-refractivity contribution in [1.29, 1.82) is 0 Å². The second-order valence-corrected chi connectivity index (χ2v) is 4.67. The van der Waals surface area contributed by atoms with Crippen LogP contribution in [0.2, 0.25) is 5.02 Å². The molecule has 0 N–H and O–H groups in total. The van der Waals surface area contributed by atoms with E-state index in [4.69, 9.17) is 23.2 Å². The summed E-state index contributed by atoms with van der Waals surface area (Å²) in [4.78, 5) is 0. The van der Waals surface area contributed by atoms with Crippen LogP contribution in [0.25, 0.3) is 0 Å². The van der Waals surface area contributed by atoms with Gasteiger partial charge >= 0.3 is 0 Å². The zero-order valence-electron chi connectivity index (χ0n) is 7.60. The highest BCUT2D eigenvalue weighted by molar-refractivity contribution is 7.98. The third-order valence-electron chi connectivity index (χ3n) is 1.71. The Morgan fingerprint density at radius 1 is 1.36 bits per heavy atom. The minimum absolute atomic E-state index is 0.242. The largest absolute Gasteiger partial charge is 0.205 e. The number of thioether (sulfide) groups is 1. The lowest BCUT2D eigenvalue weighted by Crippen LogP contribution is -1.88. The van der Waals surface area contributed by atoms with Gasteiger partial charge in [-0.05, 0) is 23.8 Å². The molecule has 0 amide bonds. The van der Waals surface area contributed by atoms with E-state index < -0.39 is 0 Å². The SMILES string of the molecule is Fc1cccc(CSCCCCl)c1Cl. The van der Waals surface area contributed by atoms with Crippen molar-refractivity contribution >= 4 is 35.0 Å². The quantitative estimate of drug-likeness (QED) is 0.555. The first kappa shape index (κ1) is 12.2.